The molecule has 0 aliphatic heterocycles. The van der Waals surface area contributed by atoms with Crippen LogP contribution >= 0.6 is 15.9 Å². The molecule has 4 nitrogen and oxygen atoms in total. The zero-order valence-corrected chi connectivity index (χ0v) is 12.5. The van der Waals surface area contributed by atoms with Crippen molar-refractivity contribution in [3.05, 3.63) is 16.4 Å². The number of aliphatic hydroxyl groups is 1. The maximum Gasteiger partial charge on any atom is 0.133 e. The molecule has 5 heteroatoms. The Kier molecular flexibility index (Phi) is 5.16. The predicted molar refractivity (Wildman–Crippen MR) is 70.8 cm³/mol. The van der Waals surface area contributed by atoms with E-state index in [9.17, 15) is 5.11 Å². The van der Waals surface area contributed by atoms with Gasteiger partial charge in [-0.3, -0.25) is 4.68 Å². The summed E-state index contributed by atoms with van der Waals surface area (Å²) in [4.78, 5) is 0. The second-order valence-electron chi connectivity index (χ2n) is 4.58. The third-order valence-corrected chi connectivity index (χ3v) is 3.54. The second-order valence-corrected chi connectivity index (χ2v) is 5.43. The van der Waals surface area contributed by atoms with Gasteiger partial charge in [0.1, 0.15) is 5.60 Å². The Hall–Kier alpha value is -0.390. The number of nitrogens with zero attached hydrogens (tertiary/aromatic N) is 2. The van der Waals surface area contributed by atoms with E-state index in [1.54, 1.807) is 13.3 Å². The highest BCUT2D eigenvalue weighted by molar-refractivity contribution is 9.10. The molecule has 1 aromatic heterocycles. The molecule has 1 atom stereocenters. The van der Waals surface area contributed by atoms with E-state index >= 15 is 0 Å². The molecule has 1 heterocycles. The van der Waals surface area contributed by atoms with Crippen molar-refractivity contribution in [2.24, 2.45) is 5.92 Å². The Bertz CT molecular complexity index is 365. The van der Waals surface area contributed by atoms with Crippen LogP contribution < -0.4 is 0 Å². The van der Waals surface area contributed by atoms with E-state index in [4.69, 9.17) is 4.74 Å². The summed E-state index contributed by atoms with van der Waals surface area (Å²) in [5.41, 5.74) is -0.213. The molecule has 0 bridgehead atoms. The predicted octanol–water partition coefficient (Wildman–Crippen LogP) is 2.55. The quantitative estimate of drug-likeness (QED) is 0.878. The van der Waals surface area contributed by atoms with Crippen LogP contribution in [-0.4, -0.2) is 28.6 Å². The van der Waals surface area contributed by atoms with Crippen molar-refractivity contribution in [2.45, 2.75) is 39.3 Å². The van der Waals surface area contributed by atoms with Crippen molar-refractivity contribution in [1.82, 2.24) is 9.78 Å². The average molecular weight is 305 g/mol. The Balaban J connectivity index is 3.21. The maximum atomic E-state index is 10.8. The first-order chi connectivity index (χ1) is 7.97. The fourth-order valence-electron chi connectivity index (χ4n) is 1.90. The molecule has 0 aromatic carbocycles. The standard InChI is InChI=1S/C12H21BrN2O2/c1-5-6-15-11(10(13)7-14-15)12(16,8-17-4)9(2)3/h7,9,16H,5-6,8H2,1-4H3. The molecule has 0 amide bonds. The van der Waals surface area contributed by atoms with Gasteiger partial charge in [-0.15, -0.1) is 0 Å². The summed E-state index contributed by atoms with van der Waals surface area (Å²) in [6.45, 7) is 7.10. The van der Waals surface area contributed by atoms with Crippen molar-refractivity contribution in [3.63, 3.8) is 0 Å². The molecule has 17 heavy (non-hydrogen) atoms. The topological polar surface area (TPSA) is 47.3 Å². The molecule has 98 valence electrons. The van der Waals surface area contributed by atoms with E-state index in [1.807, 2.05) is 18.5 Å². The van der Waals surface area contributed by atoms with Gasteiger partial charge in [0.05, 0.1) is 23.0 Å². The van der Waals surface area contributed by atoms with Gasteiger partial charge < -0.3 is 9.84 Å². The molecule has 1 unspecified atom stereocenters. The first kappa shape index (κ1) is 14.7. The highest BCUT2D eigenvalue weighted by Gasteiger charge is 2.38. The van der Waals surface area contributed by atoms with Crippen molar-refractivity contribution in [1.29, 1.82) is 0 Å². The van der Waals surface area contributed by atoms with Crippen LogP contribution in [0.25, 0.3) is 0 Å². The van der Waals surface area contributed by atoms with Crippen LogP contribution in [0, 0.1) is 5.92 Å². The number of ether oxygens (including phenoxy) is 1. The minimum atomic E-state index is -1.01. The molecule has 0 saturated heterocycles. The van der Waals surface area contributed by atoms with Crippen molar-refractivity contribution >= 4 is 15.9 Å². The summed E-state index contributed by atoms with van der Waals surface area (Å²) in [6.07, 6.45) is 2.70. The van der Waals surface area contributed by atoms with Crippen LogP contribution in [0.15, 0.2) is 10.7 Å². The Morgan fingerprint density at radius 1 is 1.59 bits per heavy atom. The van der Waals surface area contributed by atoms with Crippen LogP contribution in [0.2, 0.25) is 0 Å². The summed E-state index contributed by atoms with van der Waals surface area (Å²) >= 11 is 3.46. The minimum Gasteiger partial charge on any atom is -0.381 e. The maximum absolute atomic E-state index is 10.8. The van der Waals surface area contributed by atoms with E-state index in [0.717, 1.165) is 23.1 Å². The van der Waals surface area contributed by atoms with E-state index in [-0.39, 0.29) is 12.5 Å². The van der Waals surface area contributed by atoms with Gasteiger partial charge in [-0.2, -0.15) is 5.10 Å². The fourth-order valence-corrected chi connectivity index (χ4v) is 2.54. The molecule has 0 aliphatic carbocycles. The molecule has 1 rings (SSSR count). The monoisotopic (exact) mass is 304 g/mol. The average Bonchev–Trinajstić information content (AvgIpc) is 2.61. The lowest BCUT2D eigenvalue weighted by Crippen LogP contribution is -2.39. The van der Waals surface area contributed by atoms with Crippen molar-refractivity contribution < 1.29 is 9.84 Å². The van der Waals surface area contributed by atoms with Gasteiger partial charge >= 0.3 is 0 Å². The summed E-state index contributed by atoms with van der Waals surface area (Å²) in [5, 5.41) is 15.1. The van der Waals surface area contributed by atoms with E-state index in [2.05, 4.69) is 28.0 Å². The van der Waals surface area contributed by atoms with Gasteiger partial charge in [0.25, 0.3) is 0 Å². The summed E-state index contributed by atoms with van der Waals surface area (Å²) in [5.74, 6) is 0.0473. The van der Waals surface area contributed by atoms with Gasteiger partial charge in [0.15, 0.2) is 0 Å². The number of methoxy groups -OCH3 is 1. The highest BCUT2D eigenvalue weighted by Crippen LogP contribution is 2.34. The van der Waals surface area contributed by atoms with Gasteiger partial charge in [-0.1, -0.05) is 20.8 Å². The second kappa shape index (κ2) is 5.98. The number of halogens is 1. The number of hydrogen-bond acceptors (Lipinski definition) is 3. The SMILES string of the molecule is CCCn1ncc(Br)c1C(O)(COC)C(C)C. The lowest BCUT2D eigenvalue weighted by molar-refractivity contribution is -0.0766. The Labute approximate surface area is 111 Å². The molecule has 1 N–H and O–H groups in total. The molecule has 0 aliphatic rings. The third-order valence-electron chi connectivity index (χ3n) is 2.96. The molecule has 0 fully saturated rings. The normalized spacial score (nSPS) is 15.2. The molecule has 0 saturated carbocycles. The molecular formula is C12H21BrN2O2. The lowest BCUT2D eigenvalue weighted by Gasteiger charge is -2.32. The Morgan fingerprint density at radius 3 is 2.71 bits per heavy atom. The molecule has 1 aromatic rings. The van der Waals surface area contributed by atoms with Crippen LogP contribution in [0.5, 0.6) is 0 Å². The molecule has 0 radical (unpaired) electrons. The number of rotatable bonds is 6. The van der Waals surface area contributed by atoms with E-state index in [0.29, 0.717) is 0 Å². The van der Waals surface area contributed by atoms with Gasteiger partial charge in [0.2, 0.25) is 0 Å². The van der Waals surface area contributed by atoms with Gasteiger partial charge in [-0.25, -0.2) is 0 Å². The minimum absolute atomic E-state index is 0.0473. The summed E-state index contributed by atoms with van der Waals surface area (Å²) in [6, 6.07) is 0. The molecular weight excluding hydrogens is 284 g/mol. The first-order valence-corrected chi connectivity index (χ1v) is 6.69. The van der Waals surface area contributed by atoms with Crippen LogP contribution in [0.4, 0.5) is 0 Å². The van der Waals surface area contributed by atoms with Gasteiger partial charge in [0, 0.05) is 13.7 Å². The van der Waals surface area contributed by atoms with E-state index < -0.39 is 5.60 Å². The van der Waals surface area contributed by atoms with E-state index in [1.165, 1.54) is 0 Å². The molecule has 0 spiro atoms. The van der Waals surface area contributed by atoms with Crippen molar-refractivity contribution in [3.8, 4) is 0 Å². The zero-order valence-electron chi connectivity index (χ0n) is 10.9. The van der Waals surface area contributed by atoms with Crippen molar-refractivity contribution in [2.75, 3.05) is 13.7 Å². The van der Waals surface area contributed by atoms with Gasteiger partial charge in [-0.05, 0) is 28.3 Å². The third kappa shape index (κ3) is 2.89. The summed E-state index contributed by atoms with van der Waals surface area (Å²) < 4.78 is 7.85. The summed E-state index contributed by atoms with van der Waals surface area (Å²) in [7, 11) is 1.60. The lowest BCUT2D eigenvalue weighted by atomic mass is 9.87. The van der Waals surface area contributed by atoms with Crippen LogP contribution in [-0.2, 0) is 16.9 Å². The number of aromatic nitrogens is 2. The number of aryl methyl sites for hydroxylation is 1. The zero-order chi connectivity index (χ0) is 13.1. The Morgan fingerprint density at radius 2 is 2.24 bits per heavy atom. The number of hydrogen-bond donors (Lipinski definition) is 1. The van der Waals surface area contributed by atoms with Crippen LogP contribution in [0.3, 0.4) is 0 Å². The largest absolute Gasteiger partial charge is 0.381 e. The fraction of sp³-hybridized carbons (Fsp3) is 0.750. The van der Waals surface area contributed by atoms with Crippen LogP contribution in [0.1, 0.15) is 32.9 Å². The first-order valence-electron chi connectivity index (χ1n) is 5.90. The smallest absolute Gasteiger partial charge is 0.133 e. The highest BCUT2D eigenvalue weighted by atomic mass is 79.9.